The molecule has 3 aromatic heterocycles. The topological polar surface area (TPSA) is 128 Å². The van der Waals surface area contributed by atoms with Gasteiger partial charge < -0.3 is 10.6 Å². The molecule has 3 heterocycles. The third-order valence-corrected chi connectivity index (χ3v) is 7.22. The van der Waals surface area contributed by atoms with Crippen LogP contribution < -0.4 is 10.6 Å². The molecular formula is C30H32FN9. The first-order valence-corrected chi connectivity index (χ1v) is 13.3. The minimum Gasteiger partial charge on any atom is -0.383 e. The van der Waals surface area contributed by atoms with Gasteiger partial charge >= 0.3 is 0 Å². The zero-order chi connectivity index (χ0) is 28.7. The number of fused-ring (bicyclic) bond motifs is 1. The van der Waals surface area contributed by atoms with Crippen LogP contribution in [0.3, 0.4) is 0 Å². The summed E-state index contributed by atoms with van der Waals surface area (Å²) in [4.78, 5) is 8.48. The van der Waals surface area contributed by atoms with Crippen molar-refractivity contribution in [3.63, 3.8) is 0 Å². The second kappa shape index (κ2) is 10.2. The Balaban J connectivity index is 1.61. The molecule has 0 spiro atoms. The Kier molecular flexibility index (Phi) is 6.89. The van der Waals surface area contributed by atoms with E-state index in [4.69, 9.17) is 0 Å². The van der Waals surface area contributed by atoms with Crippen LogP contribution in [0.5, 0.6) is 0 Å². The number of halogens is 1. The quantitative estimate of drug-likeness (QED) is 0.267. The molecule has 0 amide bonds. The monoisotopic (exact) mass is 537 g/mol. The smallest absolute Gasteiger partial charge is 0.213 e. The van der Waals surface area contributed by atoms with Gasteiger partial charge in [0.1, 0.15) is 17.8 Å². The molecule has 2 N–H and O–H groups in total. The fraction of sp³-hybridized carbons (Fsp3) is 0.400. The van der Waals surface area contributed by atoms with Crippen LogP contribution in [-0.4, -0.2) is 31.5 Å². The predicted molar refractivity (Wildman–Crippen MR) is 151 cm³/mol. The second-order valence-corrected chi connectivity index (χ2v) is 12.1. The van der Waals surface area contributed by atoms with Crippen LogP contribution in [0.25, 0.3) is 10.9 Å². The fourth-order valence-electron chi connectivity index (χ4n) is 4.71. The number of nitrogens with zero attached hydrogens (tertiary/aromatic N) is 7. The average molecular weight is 538 g/mol. The molecule has 1 aliphatic carbocycles. The maximum Gasteiger partial charge on any atom is 0.213 e. The molecule has 0 saturated heterocycles. The highest BCUT2D eigenvalue weighted by Crippen LogP contribution is 2.46. The molecule has 9 nitrogen and oxygen atoms in total. The van der Waals surface area contributed by atoms with Crippen molar-refractivity contribution >= 4 is 22.3 Å². The summed E-state index contributed by atoms with van der Waals surface area (Å²) in [5.41, 5.74) is 4.60. The SMILES string of the molecule is Cc1nc(F)ccc1C(Nc1cc(C#N)c2ncc(C#N)c(NCC(C)(C)C)c2c1)c1cn(CC2(C)CC2)nn1. The standard InChI is InChI=1S/C30H32FN9/c1-18-22(6-7-25(31)36-18)28(24-15-40(39-38-24)17-30(5)8-9-30)37-21-10-19(12-32)26-23(11-21)27(20(13-33)14-34-26)35-16-29(2,3)4/h6-7,10-11,14-15,28,37H,8-9,16-17H2,1-5H3,(H,34,35). The summed E-state index contributed by atoms with van der Waals surface area (Å²) in [5, 5.41) is 36.2. The first-order valence-electron chi connectivity index (χ1n) is 13.3. The van der Waals surface area contributed by atoms with E-state index in [0.717, 1.165) is 24.9 Å². The normalized spacial score (nSPS) is 14.8. The molecule has 4 aromatic rings. The second-order valence-electron chi connectivity index (χ2n) is 12.1. The number of nitrogens with one attached hydrogen (secondary N) is 2. The molecule has 5 rings (SSSR count). The van der Waals surface area contributed by atoms with Gasteiger partial charge in [-0.3, -0.25) is 9.67 Å². The number of benzene rings is 1. The van der Waals surface area contributed by atoms with Gasteiger partial charge in [-0.15, -0.1) is 5.10 Å². The van der Waals surface area contributed by atoms with E-state index in [0.29, 0.717) is 51.3 Å². The molecule has 0 bridgehead atoms. The molecule has 1 atom stereocenters. The summed E-state index contributed by atoms with van der Waals surface area (Å²) in [5.74, 6) is -0.563. The van der Waals surface area contributed by atoms with E-state index in [1.165, 1.54) is 12.3 Å². The molecule has 1 aromatic carbocycles. The highest BCUT2D eigenvalue weighted by atomic mass is 19.1. The van der Waals surface area contributed by atoms with Crippen molar-refractivity contribution in [1.82, 2.24) is 25.0 Å². The van der Waals surface area contributed by atoms with Gasteiger partial charge in [-0.2, -0.15) is 14.9 Å². The molecule has 0 aliphatic heterocycles. The van der Waals surface area contributed by atoms with Crippen LogP contribution in [0.4, 0.5) is 15.8 Å². The number of rotatable bonds is 8. The minimum absolute atomic E-state index is 0.0438. The van der Waals surface area contributed by atoms with Gasteiger partial charge in [0.2, 0.25) is 5.95 Å². The summed E-state index contributed by atoms with van der Waals surface area (Å²) in [6.45, 7) is 11.7. The number of hydrogen-bond donors (Lipinski definition) is 2. The van der Waals surface area contributed by atoms with Crippen molar-refractivity contribution in [2.45, 2.75) is 60.0 Å². The lowest BCUT2D eigenvalue weighted by Crippen LogP contribution is -2.20. The summed E-state index contributed by atoms with van der Waals surface area (Å²) in [6, 6.07) is 10.6. The van der Waals surface area contributed by atoms with Crippen molar-refractivity contribution in [2.75, 3.05) is 17.2 Å². The molecule has 1 fully saturated rings. The number of hydrogen-bond acceptors (Lipinski definition) is 8. The maximum atomic E-state index is 13.9. The van der Waals surface area contributed by atoms with Crippen LogP contribution >= 0.6 is 0 Å². The predicted octanol–water partition coefficient (Wildman–Crippen LogP) is 5.87. The zero-order valence-corrected chi connectivity index (χ0v) is 23.4. The summed E-state index contributed by atoms with van der Waals surface area (Å²) < 4.78 is 15.8. The van der Waals surface area contributed by atoms with E-state index in [1.807, 2.05) is 16.9 Å². The zero-order valence-electron chi connectivity index (χ0n) is 23.4. The Morgan fingerprint density at radius 1 is 1.15 bits per heavy atom. The van der Waals surface area contributed by atoms with E-state index in [2.05, 4.69) is 70.7 Å². The Labute approximate surface area is 233 Å². The molecular weight excluding hydrogens is 505 g/mol. The Morgan fingerprint density at radius 3 is 2.55 bits per heavy atom. The van der Waals surface area contributed by atoms with Crippen molar-refractivity contribution in [2.24, 2.45) is 10.8 Å². The van der Waals surface area contributed by atoms with Crippen LogP contribution in [0.1, 0.15) is 74.7 Å². The minimum atomic E-state index is -0.563. The maximum absolute atomic E-state index is 13.9. The third-order valence-electron chi connectivity index (χ3n) is 7.22. The summed E-state index contributed by atoms with van der Waals surface area (Å²) in [6.07, 6.45) is 5.71. The van der Waals surface area contributed by atoms with Crippen molar-refractivity contribution in [3.8, 4) is 12.1 Å². The van der Waals surface area contributed by atoms with Gasteiger partial charge in [-0.1, -0.05) is 39.0 Å². The summed E-state index contributed by atoms with van der Waals surface area (Å²) in [7, 11) is 0. The number of pyridine rings is 2. The van der Waals surface area contributed by atoms with Crippen LogP contribution in [0.2, 0.25) is 0 Å². The highest BCUT2D eigenvalue weighted by Gasteiger charge is 2.38. The molecule has 10 heteroatoms. The van der Waals surface area contributed by atoms with E-state index in [-0.39, 0.29) is 10.8 Å². The molecule has 0 radical (unpaired) electrons. The Morgan fingerprint density at radius 2 is 1.90 bits per heavy atom. The van der Waals surface area contributed by atoms with Crippen LogP contribution in [-0.2, 0) is 6.54 Å². The van der Waals surface area contributed by atoms with Crippen molar-refractivity contribution in [3.05, 3.63) is 70.7 Å². The number of anilines is 2. The van der Waals surface area contributed by atoms with E-state index >= 15 is 0 Å². The lowest BCUT2D eigenvalue weighted by Gasteiger charge is -2.23. The number of nitriles is 2. The van der Waals surface area contributed by atoms with Crippen molar-refractivity contribution < 1.29 is 4.39 Å². The van der Waals surface area contributed by atoms with E-state index in [1.54, 1.807) is 19.1 Å². The van der Waals surface area contributed by atoms with Gasteiger partial charge in [-0.25, -0.2) is 4.98 Å². The largest absolute Gasteiger partial charge is 0.383 e. The van der Waals surface area contributed by atoms with Gasteiger partial charge in [0, 0.05) is 41.6 Å². The number of aryl methyl sites for hydroxylation is 1. The molecule has 40 heavy (non-hydrogen) atoms. The summed E-state index contributed by atoms with van der Waals surface area (Å²) >= 11 is 0. The molecule has 1 aliphatic rings. The van der Waals surface area contributed by atoms with E-state index < -0.39 is 12.0 Å². The van der Waals surface area contributed by atoms with Crippen LogP contribution in [0, 0.1) is 46.4 Å². The fourth-order valence-corrected chi connectivity index (χ4v) is 4.71. The Hall–Kier alpha value is -4.57. The van der Waals surface area contributed by atoms with Crippen LogP contribution in [0.15, 0.2) is 36.7 Å². The Bertz CT molecular complexity index is 1670. The van der Waals surface area contributed by atoms with Gasteiger partial charge in [-0.05, 0) is 48.8 Å². The third kappa shape index (κ3) is 5.72. The molecule has 1 unspecified atom stereocenters. The van der Waals surface area contributed by atoms with Gasteiger partial charge in [0.15, 0.2) is 0 Å². The first kappa shape index (κ1) is 27.0. The van der Waals surface area contributed by atoms with E-state index in [9.17, 15) is 14.9 Å². The average Bonchev–Trinajstić information content (AvgIpc) is 3.45. The lowest BCUT2D eigenvalue weighted by molar-refractivity contribution is 0.424. The lowest BCUT2D eigenvalue weighted by atomic mass is 9.96. The number of aromatic nitrogens is 5. The van der Waals surface area contributed by atoms with Crippen molar-refractivity contribution in [1.29, 1.82) is 10.5 Å². The van der Waals surface area contributed by atoms with Gasteiger partial charge in [0.25, 0.3) is 0 Å². The highest BCUT2D eigenvalue weighted by molar-refractivity contribution is 5.99. The first-order chi connectivity index (χ1) is 19.0. The molecule has 1 saturated carbocycles. The molecule has 204 valence electrons. The van der Waals surface area contributed by atoms with Gasteiger partial charge in [0.05, 0.1) is 34.6 Å².